The molecule has 36 heavy (non-hydrogen) atoms. The van der Waals surface area contributed by atoms with Crippen LogP contribution in [0.1, 0.15) is 39.3 Å². The summed E-state index contributed by atoms with van der Waals surface area (Å²) in [5.41, 5.74) is 1.41. The molecule has 4 heterocycles. The fraction of sp³-hybridized carbons (Fsp3) is 0.320. The number of carbonyl (C=O) groups is 2. The molecule has 2 aliphatic rings. The average molecular weight is 510 g/mol. The van der Waals surface area contributed by atoms with Crippen LogP contribution >= 0.6 is 11.6 Å². The number of aryl methyl sites for hydroxylation is 1. The fourth-order valence-electron chi connectivity index (χ4n) is 3.70. The number of benzene rings is 1. The predicted molar refractivity (Wildman–Crippen MR) is 131 cm³/mol. The van der Waals surface area contributed by atoms with Gasteiger partial charge in [-0.2, -0.15) is 0 Å². The number of hydrogen-bond acceptors (Lipinski definition) is 8. The van der Waals surface area contributed by atoms with Gasteiger partial charge in [0.2, 0.25) is 5.88 Å². The quantitative estimate of drug-likeness (QED) is 0.510. The second kappa shape index (κ2) is 10.5. The number of carbonyl (C=O) groups excluding carboxylic acids is 2. The lowest BCUT2D eigenvalue weighted by atomic mass is 10.1. The summed E-state index contributed by atoms with van der Waals surface area (Å²) < 4.78 is 17.3. The van der Waals surface area contributed by atoms with E-state index >= 15 is 0 Å². The Hall–Kier alpha value is -3.76. The molecular formula is C25H24ClN5O5. The number of likely N-dealkylation sites (tertiary alicyclic amines) is 1. The zero-order chi connectivity index (χ0) is 25.1. The van der Waals surface area contributed by atoms with Crippen molar-refractivity contribution in [1.82, 2.24) is 19.9 Å². The number of halogens is 1. The zero-order valence-electron chi connectivity index (χ0n) is 19.6. The van der Waals surface area contributed by atoms with Gasteiger partial charge in [-0.1, -0.05) is 11.6 Å². The third kappa shape index (κ3) is 5.55. The molecule has 1 atom stereocenters. The summed E-state index contributed by atoms with van der Waals surface area (Å²) >= 11 is 6.39. The van der Waals surface area contributed by atoms with Gasteiger partial charge >= 0.3 is 0 Å². The molecule has 11 heteroatoms. The number of amides is 2. The number of hydrogen-bond donors (Lipinski definition) is 1. The first-order valence-corrected chi connectivity index (χ1v) is 11.9. The van der Waals surface area contributed by atoms with Crippen LogP contribution in [0, 0.1) is 6.92 Å². The first-order chi connectivity index (χ1) is 17.4. The Labute approximate surface area is 212 Å². The van der Waals surface area contributed by atoms with Crippen molar-refractivity contribution in [2.24, 2.45) is 0 Å². The molecule has 1 aromatic carbocycles. The van der Waals surface area contributed by atoms with Crippen molar-refractivity contribution in [3.63, 3.8) is 0 Å². The van der Waals surface area contributed by atoms with Crippen LogP contribution in [-0.2, 0) is 4.74 Å². The Morgan fingerprint density at radius 3 is 2.56 bits per heavy atom. The average Bonchev–Trinajstić information content (AvgIpc) is 3.33. The first kappa shape index (κ1) is 24.0. The highest BCUT2D eigenvalue weighted by Gasteiger charge is 2.23. The molecule has 3 aromatic rings. The number of pyridine rings is 1. The van der Waals surface area contributed by atoms with E-state index in [1.54, 1.807) is 29.3 Å². The fourth-order valence-corrected chi connectivity index (χ4v) is 3.91. The molecule has 2 aliphatic heterocycles. The number of aromatic nitrogens is 3. The minimum Gasteiger partial charge on any atom is -0.488 e. The van der Waals surface area contributed by atoms with Gasteiger partial charge in [0.05, 0.1) is 36.9 Å². The molecule has 0 radical (unpaired) electrons. The predicted octanol–water partition coefficient (Wildman–Crippen LogP) is 3.89. The topological polar surface area (TPSA) is 116 Å². The van der Waals surface area contributed by atoms with Gasteiger partial charge in [0.25, 0.3) is 11.8 Å². The summed E-state index contributed by atoms with van der Waals surface area (Å²) in [6.45, 7) is 4.34. The van der Waals surface area contributed by atoms with Gasteiger partial charge in [0, 0.05) is 37.3 Å². The number of anilines is 1. The second-order valence-corrected chi connectivity index (χ2v) is 8.96. The molecule has 1 N–H and O–H groups in total. The molecule has 0 aliphatic carbocycles. The number of rotatable bonds is 7. The van der Waals surface area contributed by atoms with Crippen molar-refractivity contribution in [1.29, 1.82) is 0 Å². The maximum absolute atomic E-state index is 13.0. The van der Waals surface area contributed by atoms with Crippen molar-refractivity contribution >= 4 is 29.2 Å². The lowest BCUT2D eigenvalue weighted by molar-refractivity contribution is 0.0651. The van der Waals surface area contributed by atoms with Crippen molar-refractivity contribution in [2.75, 3.05) is 31.6 Å². The molecule has 0 spiro atoms. The van der Waals surface area contributed by atoms with Crippen LogP contribution in [-0.4, -0.2) is 64.1 Å². The molecule has 186 valence electrons. The Balaban J connectivity index is 1.38. The van der Waals surface area contributed by atoms with E-state index in [-0.39, 0.29) is 28.5 Å². The highest BCUT2D eigenvalue weighted by atomic mass is 35.5. The minimum atomic E-state index is -0.416. The number of ether oxygens (including phenoxy) is 3. The number of nitrogens with one attached hydrogen (secondary N) is 1. The summed E-state index contributed by atoms with van der Waals surface area (Å²) in [6, 6.07) is 6.35. The monoisotopic (exact) mass is 509 g/mol. The van der Waals surface area contributed by atoms with E-state index in [4.69, 9.17) is 25.8 Å². The summed E-state index contributed by atoms with van der Waals surface area (Å²) in [7, 11) is 0. The lowest BCUT2D eigenvalue weighted by Gasteiger charge is -2.30. The van der Waals surface area contributed by atoms with Gasteiger partial charge in [-0.3, -0.25) is 14.6 Å². The first-order valence-electron chi connectivity index (χ1n) is 11.6. The van der Waals surface area contributed by atoms with Crippen LogP contribution in [0.2, 0.25) is 5.02 Å². The molecule has 5 rings (SSSR count). The van der Waals surface area contributed by atoms with Gasteiger partial charge in [0.15, 0.2) is 5.82 Å². The highest BCUT2D eigenvalue weighted by Crippen LogP contribution is 2.32. The Morgan fingerprint density at radius 2 is 1.89 bits per heavy atom. The van der Waals surface area contributed by atoms with E-state index in [1.807, 2.05) is 6.92 Å². The van der Waals surface area contributed by atoms with Crippen molar-refractivity contribution in [3.05, 3.63) is 64.7 Å². The largest absolute Gasteiger partial charge is 0.488 e. The molecule has 10 nitrogen and oxygen atoms in total. The van der Waals surface area contributed by atoms with Crippen molar-refractivity contribution < 1.29 is 23.8 Å². The van der Waals surface area contributed by atoms with E-state index in [1.165, 1.54) is 18.5 Å². The van der Waals surface area contributed by atoms with E-state index < -0.39 is 5.91 Å². The summed E-state index contributed by atoms with van der Waals surface area (Å²) in [4.78, 5) is 39.7. The van der Waals surface area contributed by atoms with E-state index in [0.717, 1.165) is 31.6 Å². The highest BCUT2D eigenvalue weighted by molar-refractivity contribution is 6.32. The SMILES string of the molecule is Cc1cnc(NC(=O)c2cc(Oc3ncc(C(=O)N4CCC4)cc3Cl)cc(O[C@H]3CCOC3)c2)cn1. The van der Waals surface area contributed by atoms with Gasteiger partial charge in [0.1, 0.15) is 22.6 Å². The molecule has 0 unspecified atom stereocenters. The third-order valence-electron chi connectivity index (χ3n) is 5.77. The normalized spacial score (nSPS) is 16.8. The van der Waals surface area contributed by atoms with Gasteiger partial charge in [-0.25, -0.2) is 9.97 Å². The molecule has 0 bridgehead atoms. The van der Waals surface area contributed by atoms with Crippen molar-refractivity contribution in [3.8, 4) is 17.4 Å². The van der Waals surface area contributed by atoms with Gasteiger partial charge < -0.3 is 24.4 Å². The Morgan fingerprint density at radius 1 is 1.06 bits per heavy atom. The molecule has 2 fully saturated rings. The van der Waals surface area contributed by atoms with E-state index in [9.17, 15) is 9.59 Å². The van der Waals surface area contributed by atoms with Crippen LogP contribution in [0.4, 0.5) is 5.82 Å². The maximum Gasteiger partial charge on any atom is 0.257 e. The number of nitrogens with zero attached hydrogens (tertiary/aromatic N) is 4. The van der Waals surface area contributed by atoms with Crippen molar-refractivity contribution in [2.45, 2.75) is 25.9 Å². The summed E-state index contributed by atoms with van der Waals surface area (Å²) in [6.07, 6.45) is 6.08. The molecule has 2 saturated heterocycles. The Kier molecular flexibility index (Phi) is 6.97. The van der Waals surface area contributed by atoms with E-state index in [0.29, 0.717) is 36.1 Å². The van der Waals surface area contributed by atoms with Gasteiger partial charge in [-0.05, 0) is 31.5 Å². The maximum atomic E-state index is 13.0. The standard InChI is InChI=1S/C25H24ClN5O5/c1-15-11-28-22(13-27-15)30-23(32)16-7-19(35-18-3-6-34-14-18)10-20(8-16)36-24-21(26)9-17(12-29-24)25(33)31-4-2-5-31/h7-13,18H,2-6,14H2,1H3,(H,28,30,32)/t18-/m0/s1. The van der Waals surface area contributed by atoms with Crippen LogP contribution in [0.5, 0.6) is 17.4 Å². The smallest absolute Gasteiger partial charge is 0.257 e. The Bertz CT molecular complexity index is 1280. The molecule has 2 aromatic heterocycles. The minimum absolute atomic E-state index is 0.105. The van der Waals surface area contributed by atoms with Gasteiger partial charge in [-0.15, -0.1) is 0 Å². The van der Waals surface area contributed by atoms with Crippen LogP contribution in [0.25, 0.3) is 0 Å². The van der Waals surface area contributed by atoms with Crippen LogP contribution in [0.3, 0.4) is 0 Å². The van der Waals surface area contributed by atoms with Crippen LogP contribution < -0.4 is 14.8 Å². The zero-order valence-corrected chi connectivity index (χ0v) is 20.3. The molecule has 0 saturated carbocycles. The second-order valence-electron chi connectivity index (χ2n) is 8.55. The van der Waals surface area contributed by atoms with Crippen LogP contribution in [0.15, 0.2) is 42.9 Å². The lowest BCUT2D eigenvalue weighted by Crippen LogP contribution is -2.42. The molecular weight excluding hydrogens is 486 g/mol. The summed E-state index contributed by atoms with van der Waals surface area (Å²) in [5, 5.41) is 2.90. The molecule has 2 amide bonds. The summed E-state index contributed by atoms with van der Waals surface area (Å²) in [5.74, 6) is 0.617. The third-order valence-corrected chi connectivity index (χ3v) is 6.04. The van der Waals surface area contributed by atoms with E-state index in [2.05, 4.69) is 20.3 Å².